The lowest BCUT2D eigenvalue weighted by Crippen LogP contribution is -2.41. The van der Waals surface area contributed by atoms with Gasteiger partial charge in [-0.3, -0.25) is 4.79 Å². The van der Waals surface area contributed by atoms with E-state index in [1.165, 1.54) is 0 Å². The third-order valence-corrected chi connectivity index (χ3v) is 1.99. The molecule has 0 aromatic carbocycles. The van der Waals surface area contributed by atoms with Gasteiger partial charge in [0.05, 0.1) is 0 Å². The van der Waals surface area contributed by atoms with Crippen LogP contribution in [0, 0.1) is 0 Å². The molecule has 1 atom stereocenters. The third-order valence-electron chi connectivity index (χ3n) is 1.99. The van der Waals surface area contributed by atoms with E-state index in [2.05, 4.69) is 10.6 Å². The maximum absolute atomic E-state index is 11.3. The summed E-state index contributed by atoms with van der Waals surface area (Å²) in [5, 5.41) is 14.3. The van der Waals surface area contributed by atoms with Crippen LogP contribution in [0.5, 0.6) is 0 Å². The van der Waals surface area contributed by atoms with Gasteiger partial charge in [-0.05, 0) is 13.0 Å². The molecule has 0 saturated heterocycles. The number of amides is 1. The van der Waals surface area contributed by atoms with Gasteiger partial charge in [0.25, 0.3) is 0 Å². The number of carbonyl (C=O) groups excluding carboxylic acids is 1. The van der Waals surface area contributed by atoms with Crippen molar-refractivity contribution in [2.45, 2.75) is 39.2 Å². The molecule has 15 heavy (non-hydrogen) atoms. The lowest BCUT2D eigenvalue weighted by molar-refractivity contribution is -0.142. The van der Waals surface area contributed by atoms with Crippen LogP contribution < -0.4 is 10.6 Å². The first-order valence-corrected chi connectivity index (χ1v) is 5.34. The molecule has 5 nitrogen and oxygen atoms in total. The maximum Gasteiger partial charge on any atom is 0.326 e. The topological polar surface area (TPSA) is 78.4 Å². The number of nitrogens with one attached hydrogen (secondary N) is 2. The summed E-state index contributed by atoms with van der Waals surface area (Å²) in [6.07, 6.45) is 1.54. The minimum atomic E-state index is -0.964. The summed E-state index contributed by atoms with van der Waals surface area (Å²) < 4.78 is 0. The molecule has 1 unspecified atom stereocenters. The molecule has 0 heterocycles. The van der Waals surface area contributed by atoms with Gasteiger partial charge >= 0.3 is 5.97 Å². The molecule has 88 valence electrons. The van der Waals surface area contributed by atoms with Crippen molar-refractivity contribution in [1.29, 1.82) is 0 Å². The van der Waals surface area contributed by atoms with Crippen molar-refractivity contribution in [1.82, 2.24) is 10.6 Å². The fourth-order valence-electron chi connectivity index (χ4n) is 1.19. The summed E-state index contributed by atoms with van der Waals surface area (Å²) in [5.74, 6) is -1.18. The van der Waals surface area contributed by atoms with Gasteiger partial charge < -0.3 is 15.7 Å². The molecule has 0 fully saturated rings. The predicted molar refractivity (Wildman–Crippen MR) is 57.6 cm³/mol. The maximum atomic E-state index is 11.3. The molecule has 3 N–H and O–H groups in total. The fourth-order valence-corrected chi connectivity index (χ4v) is 1.19. The van der Waals surface area contributed by atoms with E-state index in [1.54, 1.807) is 0 Å². The second-order valence-electron chi connectivity index (χ2n) is 3.35. The Morgan fingerprint density at radius 3 is 2.47 bits per heavy atom. The zero-order valence-electron chi connectivity index (χ0n) is 9.38. The Hall–Kier alpha value is -1.10. The number of hydrogen-bond donors (Lipinski definition) is 3. The third kappa shape index (κ3) is 6.90. The zero-order chi connectivity index (χ0) is 11.7. The second-order valence-corrected chi connectivity index (χ2v) is 3.35. The van der Waals surface area contributed by atoms with Crippen molar-refractivity contribution in [3.05, 3.63) is 0 Å². The van der Waals surface area contributed by atoms with Crippen LogP contribution >= 0.6 is 0 Å². The first kappa shape index (κ1) is 13.9. The van der Waals surface area contributed by atoms with Crippen LogP contribution in [0.15, 0.2) is 0 Å². The summed E-state index contributed by atoms with van der Waals surface area (Å²) in [4.78, 5) is 22.0. The Morgan fingerprint density at radius 1 is 1.33 bits per heavy atom. The van der Waals surface area contributed by atoms with Gasteiger partial charge in [-0.1, -0.05) is 20.3 Å². The molecular weight excluding hydrogens is 196 g/mol. The summed E-state index contributed by atoms with van der Waals surface area (Å²) >= 11 is 0. The molecule has 0 aliphatic carbocycles. The molecule has 0 bridgehead atoms. The van der Waals surface area contributed by atoms with E-state index in [9.17, 15) is 9.59 Å². The largest absolute Gasteiger partial charge is 0.480 e. The van der Waals surface area contributed by atoms with Crippen LogP contribution in [0.25, 0.3) is 0 Å². The van der Waals surface area contributed by atoms with Crippen LogP contribution in [0.4, 0.5) is 0 Å². The number of carboxylic acids is 1. The van der Waals surface area contributed by atoms with Gasteiger partial charge in [0.2, 0.25) is 5.91 Å². The molecule has 0 aliphatic rings. The number of aliphatic carboxylic acids is 1. The minimum Gasteiger partial charge on any atom is -0.480 e. The molecule has 0 aromatic heterocycles. The standard InChI is InChI=1S/C10H20N2O3/c1-3-5-8(10(14)15)12-9(13)6-7-11-4-2/h8,11H,3-7H2,1-2H3,(H,12,13)(H,14,15). The lowest BCUT2D eigenvalue weighted by atomic mass is 10.1. The SMILES string of the molecule is CCCC(NC(=O)CCNCC)C(=O)O. The van der Waals surface area contributed by atoms with Gasteiger partial charge in [0.1, 0.15) is 6.04 Å². The van der Waals surface area contributed by atoms with E-state index < -0.39 is 12.0 Å². The van der Waals surface area contributed by atoms with Gasteiger partial charge in [0.15, 0.2) is 0 Å². The molecule has 5 heteroatoms. The summed E-state index contributed by atoms with van der Waals surface area (Å²) in [6, 6.07) is -0.746. The summed E-state index contributed by atoms with van der Waals surface area (Å²) in [7, 11) is 0. The Balaban J connectivity index is 3.84. The first-order valence-electron chi connectivity index (χ1n) is 5.34. The highest BCUT2D eigenvalue weighted by Crippen LogP contribution is 1.97. The summed E-state index contributed by atoms with van der Waals surface area (Å²) in [6.45, 7) is 5.24. The van der Waals surface area contributed by atoms with Gasteiger partial charge in [-0.15, -0.1) is 0 Å². The van der Waals surface area contributed by atoms with Crippen molar-refractivity contribution >= 4 is 11.9 Å². The van der Waals surface area contributed by atoms with E-state index in [1.807, 2.05) is 13.8 Å². The average Bonchev–Trinajstić information content (AvgIpc) is 2.17. The fraction of sp³-hybridized carbons (Fsp3) is 0.800. The molecule has 1 amide bonds. The smallest absolute Gasteiger partial charge is 0.326 e. The number of hydrogen-bond acceptors (Lipinski definition) is 3. The van der Waals surface area contributed by atoms with Crippen LogP contribution in [0.1, 0.15) is 33.1 Å². The van der Waals surface area contributed by atoms with Crippen molar-refractivity contribution in [3.63, 3.8) is 0 Å². The van der Waals surface area contributed by atoms with Crippen molar-refractivity contribution < 1.29 is 14.7 Å². The Morgan fingerprint density at radius 2 is 2.00 bits per heavy atom. The van der Waals surface area contributed by atoms with Crippen LogP contribution in [-0.4, -0.2) is 36.1 Å². The highest BCUT2D eigenvalue weighted by atomic mass is 16.4. The Kier molecular flexibility index (Phi) is 7.62. The van der Waals surface area contributed by atoms with E-state index in [0.29, 0.717) is 19.4 Å². The van der Waals surface area contributed by atoms with Gasteiger partial charge in [0, 0.05) is 13.0 Å². The minimum absolute atomic E-state index is 0.211. The summed E-state index contributed by atoms with van der Waals surface area (Å²) in [5.41, 5.74) is 0. The van der Waals surface area contributed by atoms with E-state index >= 15 is 0 Å². The van der Waals surface area contributed by atoms with Crippen molar-refractivity contribution in [2.24, 2.45) is 0 Å². The molecule has 0 rings (SSSR count). The Labute approximate surface area is 90.2 Å². The van der Waals surface area contributed by atoms with E-state index in [-0.39, 0.29) is 5.91 Å². The van der Waals surface area contributed by atoms with Crippen LogP contribution in [-0.2, 0) is 9.59 Å². The van der Waals surface area contributed by atoms with E-state index in [0.717, 1.165) is 13.0 Å². The zero-order valence-corrected chi connectivity index (χ0v) is 9.38. The van der Waals surface area contributed by atoms with E-state index in [4.69, 9.17) is 5.11 Å². The molecular formula is C10H20N2O3. The van der Waals surface area contributed by atoms with Gasteiger partial charge in [-0.2, -0.15) is 0 Å². The molecule has 0 spiro atoms. The van der Waals surface area contributed by atoms with Crippen LogP contribution in [0.2, 0.25) is 0 Å². The van der Waals surface area contributed by atoms with Crippen molar-refractivity contribution in [3.8, 4) is 0 Å². The highest BCUT2D eigenvalue weighted by molar-refractivity contribution is 5.83. The molecule has 0 radical (unpaired) electrons. The number of carbonyl (C=O) groups is 2. The quantitative estimate of drug-likeness (QED) is 0.512. The number of rotatable bonds is 8. The number of carboxylic acid groups (broad SMARTS) is 1. The lowest BCUT2D eigenvalue weighted by Gasteiger charge is -2.13. The Bertz CT molecular complexity index is 207. The van der Waals surface area contributed by atoms with Crippen molar-refractivity contribution in [2.75, 3.05) is 13.1 Å². The predicted octanol–water partition coefficient (Wildman–Crippen LogP) is 0.355. The monoisotopic (exact) mass is 216 g/mol. The second kappa shape index (κ2) is 8.23. The molecule has 0 saturated carbocycles. The molecule has 0 aliphatic heterocycles. The first-order chi connectivity index (χ1) is 7.11. The van der Waals surface area contributed by atoms with Gasteiger partial charge in [-0.25, -0.2) is 4.79 Å². The molecule has 0 aromatic rings. The van der Waals surface area contributed by atoms with Crippen LogP contribution in [0.3, 0.4) is 0 Å². The normalized spacial score (nSPS) is 12.1. The highest BCUT2D eigenvalue weighted by Gasteiger charge is 2.17. The average molecular weight is 216 g/mol.